The Kier molecular flexibility index (Phi) is 7.60. The van der Waals surface area contributed by atoms with Crippen molar-refractivity contribution in [3.8, 4) is 5.75 Å². The predicted molar refractivity (Wildman–Crippen MR) is 137 cm³/mol. The van der Waals surface area contributed by atoms with Crippen molar-refractivity contribution in [2.24, 2.45) is 5.10 Å². The highest BCUT2D eigenvalue weighted by Crippen LogP contribution is 2.29. The molecular formula is C26H19Cl2N3O4. The summed E-state index contributed by atoms with van der Waals surface area (Å²) in [6, 6.07) is 22.7. The maximum Gasteiger partial charge on any atom is 0.273 e. The van der Waals surface area contributed by atoms with Gasteiger partial charge in [-0.25, -0.2) is 5.43 Å². The number of nitrogens with zero attached hydrogens (tertiary/aromatic N) is 2. The number of hydrazone groups is 1. The van der Waals surface area contributed by atoms with Gasteiger partial charge in [0.15, 0.2) is 0 Å². The number of carbonyl (C=O) groups is 1. The summed E-state index contributed by atoms with van der Waals surface area (Å²) >= 11 is 12.2. The first-order valence-electron chi connectivity index (χ1n) is 10.5. The second-order valence-electron chi connectivity index (χ2n) is 7.58. The Balaban J connectivity index is 1.54. The molecule has 1 amide bonds. The molecule has 35 heavy (non-hydrogen) atoms. The second kappa shape index (κ2) is 11.0. The van der Waals surface area contributed by atoms with Crippen LogP contribution in [0.2, 0.25) is 10.0 Å². The lowest BCUT2D eigenvalue weighted by Crippen LogP contribution is -2.20. The van der Waals surface area contributed by atoms with Crippen LogP contribution in [0.3, 0.4) is 0 Å². The first kappa shape index (κ1) is 24.2. The summed E-state index contributed by atoms with van der Waals surface area (Å²) in [5.74, 6) is 0.0672. The van der Waals surface area contributed by atoms with Gasteiger partial charge in [-0.05, 0) is 29.0 Å². The lowest BCUT2D eigenvalue weighted by Gasteiger charge is -2.13. The van der Waals surface area contributed by atoms with Crippen LogP contribution in [-0.2, 0) is 17.8 Å². The Hall–Kier alpha value is -3.94. The van der Waals surface area contributed by atoms with Crippen LogP contribution in [0.1, 0.15) is 16.7 Å². The molecule has 0 saturated heterocycles. The number of carbonyl (C=O) groups excluding carboxylic acids is 1. The van der Waals surface area contributed by atoms with Gasteiger partial charge in [0.25, 0.3) is 5.69 Å². The average Bonchev–Trinajstić information content (AvgIpc) is 2.84. The third-order valence-electron chi connectivity index (χ3n) is 5.25. The number of hydrogen-bond donors (Lipinski definition) is 1. The fourth-order valence-corrected chi connectivity index (χ4v) is 4.01. The Bertz CT molecular complexity index is 1440. The highest BCUT2D eigenvalue weighted by molar-refractivity contribution is 6.35. The molecular weight excluding hydrogens is 489 g/mol. The summed E-state index contributed by atoms with van der Waals surface area (Å²) in [5.41, 5.74) is 4.07. The van der Waals surface area contributed by atoms with Crippen LogP contribution >= 0.6 is 23.2 Å². The molecule has 7 nitrogen and oxygen atoms in total. The number of nitro benzene ring substituents is 1. The van der Waals surface area contributed by atoms with Gasteiger partial charge < -0.3 is 4.74 Å². The van der Waals surface area contributed by atoms with Gasteiger partial charge in [0.05, 0.1) is 17.6 Å². The summed E-state index contributed by atoms with van der Waals surface area (Å²) in [6.45, 7) is 0.208. The highest BCUT2D eigenvalue weighted by atomic mass is 35.5. The molecule has 0 aliphatic rings. The fourth-order valence-electron chi connectivity index (χ4n) is 3.55. The summed E-state index contributed by atoms with van der Waals surface area (Å²) in [6.07, 6.45) is 1.32. The van der Waals surface area contributed by atoms with Gasteiger partial charge >= 0.3 is 0 Å². The molecule has 0 spiro atoms. The normalized spacial score (nSPS) is 11.0. The largest absolute Gasteiger partial charge is 0.488 e. The fraction of sp³-hybridized carbons (Fsp3) is 0.0769. The average molecular weight is 508 g/mol. The Morgan fingerprint density at radius 2 is 1.77 bits per heavy atom. The van der Waals surface area contributed by atoms with Crippen LogP contribution in [0.4, 0.5) is 5.69 Å². The molecule has 4 aromatic carbocycles. The van der Waals surface area contributed by atoms with E-state index in [-0.39, 0.29) is 18.7 Å². The second-order valence-corrected chi connectivity index (χ2v) is 8.42. The van der Waals surface area contributed by atoms with E-state index in [1.807, 2.05) is 36.4 Å². The van der Waals surface area contributed by atoms with Crippen molar-refractivity contribution in [1.82, 2.24) is 5.43 Å². The molecule has 176 valence electrons. The number of para-hydroxylation sites is 1. The molecule has 0 atom stereocenters. The van der Waals surface area contributed by atoms with Crippen LogP contribution in [0.5, 0.6) is 5.75 Å². The zero-order valence-corrected chi connectivity index (χ0v) is 19.8. The Morgan fingerprint density at radius 1 is 1.00 bits per heavy atom. The quantitative estimate of drug-likeness (QED) is 0.171. The smallest absolute Gasteiger partial charge is 0.273 e. The third-order valence-corrected chi connectivity index (χ3v) is 5.84. The number of halogens is 2. The maximum absolute atomic E-state index is 12.4. The molecule has 4 aromatic rings. The van der Waals surface area contributed by atoms with E-state index in [4.69, 9.17) is 27.9 Å². The minimum Gasteiger partial charge on any atom is -0.488 e. The van der Waals surface area contributed by atoms with Crippen LogP contribution in [0.25, 0.3) is 10.8 Å². The molecule has 4 rings (SSSR count). The van der Waals surface area contributed by atoms with E-state index in [1.54, 1.807) is 36.4 Å². The summed E-state index contributed by atoms with van der Waals surface area (Å²) in [5, 5.41) is 18.2. The van der Waals surface area contributed by atoms with Crippen molar-refractivity contribution in [3.05, 3.63) is 116 Å². The van der Waals surface area contributed by atoms with Gasteiger partial charge in [-0.2, -0.15) is 5.10 Å². The van der Waals surface area contributed by atoms with Gasteiger partial charge in [0, 0.05) is 32.8 Å². The zero-order chi connectivity index (χ0) is 24.8. The van der Waals surface area contributed by atoms with E-state index >= 15 is 0 Å². The van der Waals surface area contributed by atoms with Gasteiger partial charge in [0.1, 0.15) is 12.4 Å². The number of nitro groups is 1. The molecule has 0 radical (unpaired) electrons. The summed E-state index contributed by atoms with van der Waals surface area (Å²) < 4.78 is 6.04. The monoisotopic (exact) mass is 507 g/mol. The van der Waals surface area contributed by atoms with Gasteiger partial charge in [0.2, 0.25) is 5.91 Å². The van der Waals surface area contributed by atoms with Gasteiger partial charge in [-0.3, -0.25) is 14.9 Å². The Labute approximate surface area is 211 Å². The van der Waals surface area contributed by atoms with Gasteiger partial charge in [-0.1, -0.05) is 77.8 Å². The molecule has 1 N–H and O–H groups in total. The number of benzene rings is 4. The molecule has 0 saturated carbocycles. The first-order chi connectivity index (χ1) is 16.9. The number of hydrogen-bond acceptors (Lipinski definition) is 5. The first-order valence-corrected chi connectivity index (χ1v) is 11.3. The topological polar surface area (TPSA) is 93.8 Å². The molecule has 0 unspecified atom stereocenters. The number of nitrogens with one attached hydrogen (secondary N) is 1. The van der Waals surface area contributed by atoms with Crippen LogP contribution < -0.4 is 10.2 Å². The van der Waals surface area contributed by atoms with E-state index in [0.29, 0.717) is 26.9 Å². The van der Waals surface area contributed by atoms with E-state index in [0.717, 1.165) is 16.3 Å². The maximum atomic E-state index is 12.4. The van der Waals surface area contributed by atoms with Crippen molar-refractivity contribution < 1.29 is 14.5 Å². The van der Waals surface area contributed by atoms with E-state index in [1.165, 1.54) is 12.3 Å². The number of ether oxygens (including phenoxy) is 1. The molecule has 0 fully saturated rings. The van der Waals surface area contributed by atoms with Crippen LogP contribution in [0.15, 0.2) is 84.0 Å². The molecule has 0 aliphatic heterocycles. The number of fused-ring (bicyclic) bond motifs is 1. The molecule has 0 aromatic heterocycles. The lowest BCUT2D eigenvalue weighted by molar-refractivity contribution is -0.385. The number of rotatable bonds is 8. The highest BCUT2D eigenvalue weighted by Gasteiger charge is 2.15. The van der Waals surface area contributed by atoms with Gasteiger partial charge in [-0.15, -0.1) is 0 Å². The Morgan fingerprint density at radius 3 is 2.57 bits per heavy atom. The van der Waals surface area contributed by atoms with E-state index in [9.17, 15) is 14.9 Å². The minimum absolute atomic E-state index is 0.114. The van der Waals surface area contributed by atoms with Crippen LogP contribution in [0, 0.1) is 10.1 Å². The minimum atomic E-state index is -0.515. The van der Waals surface area contributed by atoms with Crippen molar-refractivity contribution in [1.29, 1.82) is 0 Å². The summed E-state index contributed by atoms with van der Waals surface area (Å²) in [7, 11) is 0. The zero-order valence-electron chi connectivity index (χ0n) is 18.3. The summed E-state index contributed by atoms with van der Waals surface area (Å²) in [4.78, 5) is 23.1. The predicted octanol–water partition coefficient (Wildman–Crippen LogP) is 6.33. The standard InChI is InChI=1S/C26H19Cl2N3O4/c27-20-11-9-19(23(28)14-20)16-35-25-12-10-17-5-1-3-7-21(17)22(25)15-29-30-26(32)13-18-6-2-4-8-24(18)31(33)34/h1-12,14-15H,13,16H2,(H,30,32)/b29-15+. The van der Waals surface area contributed by atoms with E-state index in [2.05, 4.69) is 10.5 Å². The molecule has 0 aliphatic carbocycles. The van der Waals surface area contributed by atoms with Crippen molar-refractivity contribution in [3.63, 3.8) is 0 Å². The van der Waals surface area contributed by atoms with Crippen molar-refractivity contribution in [2.75, 3.05) is 0 Å². The SMILES string of the molecule is O=C(Cc1ccccc1[N+](=O)[O-])N/N=C/c1c(OCc2ccc(Cl)cc2Cl)ccc2ccccc12. The van der Waals surface area contributed by atoms with E-state index < -0.39 is 10.8 Å². The third kappa shape index (κ3) is 5.95. The molecule has 9 heteroatoms. The van der Waals surface area contributed by atoms with Crippen LogP contribution in [-0.4, -0.2) is 17.0 Å². The lowest BCUT2D eigenvalue weighted by atomic mass is 10.0. The number of amides is 1. The molecule has 0 bridgehead atoms. The van der Waals surface area contributed by atoms with Crippen molar-refractivity contribution in [2.45, 2.75) is 13.0 Å². The van der Waals surface area contributed by atoms with Crippen molar-refractivity contribution >= 4 is 51.8 Å². The molecule has 0 heterocycles.